The Balaban J connectivity index is 2.67. The summed E-state index contributed by atoms with van der Waals surface area (Å²) < 4.78 is 0. The Morgan fingerprint density at radius 2 is 2.08 bits per heavy atom. The maximum Gasteiger partial charge on any atom is 0.0676 e. The van der Waals surface area contributed by atoms with E-state index in [1.807, 2.05) is 13.8 Å². The summed E-state index contributed by atoms with van der Waals surface area (Å²) in [6.07, 6.45) is 2.14. The average molecular weight is 172 g/mol. The van der Waals surface area contributed by atoms with E-state index in [1.54, 1.807) is 0 Å². The SMILES string of the molecule is CC(CO)C1CCC(C)C1(C)O. The molecule has 0 amide bonds. The van der Waals surface area contributed by atoms with Crippen LogP contribution in [0.2, 0.25) is 0 Å². The van der Waals surface area contributed by atoms with Crippen molar-refractivity contribution < 1.29 is 10.2 Å². The summed E-state index contributed by atoms with van der Waals surface area (Å²) in [4.78, 5) is 0. The van der Waals surface area contributed by atoms with E-state index in [0.717, 1.165) is 12.8 Å². The third kappa shape index (κ3) is 1.50. The average Bonchev–Trinajstić information content (AvgIpc) is 2.27. The van der Waals surface area contributed by atoms with Crippen LogP contribution in [0.1, 0.15) is 33.6 Å². The van der Waals surface area contributed by atoms with Crippen molar-refractivity contribution in [2.75, 3.05) is 6.61 Å². The van der Waals surface area contributed by atoms with Gasteiger partial charge in [-0.15, -0.1) is 0 Å². The maximum absolute atomic E-state index is 10.1. The van der Waals surface area contributed by atoms with Crippen molar-refractivity contribution in [1.82, 2.24) is 0 Å². The fraction of sp³-hybridized carbons (Fsp3) is 1.00. The molecular weight excluding hydrogens is 152 g/mol. The van der Waals surface area contributed by atoms with Gasteiger partial charge in [0, 0.05) is 6.61 Å². The van der Waals surface area contributed by atoms with E-state index in [4.69, 9.17) is 5.11 Å². The fourth-order valence-corrected chi connectivity index (χ4v) is 2.37. The van der Waals surface area contributed by atoms with Gasteiger partial charge in [0.15, 0.2) is 0 Å². The van der Waals surface area contributed by atoms with Gasteiger partial charge in [0.2, 0.25) is 0 Å². The van der Waals surface area contributed by atoms with E-state index < -0.39 is 5.60 Å². The van der Waals surface area contributed by atoms with Crippen molar-refractivity contribution in [2.24, 2.45) is 17.8 Å². The summed E-state index contributed by atoms with van der Waals surface area (Å²) >= 11 is 0. The van der Waals surface area contributed by atoms with Crippen LogP contribution in [0.25, 0.3) is 0 Å². The molecule has 4 unspecified atom stereocenters. The second kappa shape index (κ2) is 3.35. The van der Waals surface area contributed by atoms with E-state index in [0.29, 0.717) is 5.92 Å². The van der Waals surface area contributed by atoms with Crippen LogP contribution in [-0.4, -0.2) is 22.4 Å². The first-order valence-corrected chi connectivity index (χ1v) is 4.83. The maximum atomic E-state index is 10.1. The molecule has 0 heterocycles. The second-order valence-corrected chi connectivity index (χ2v) is 4.47. The lowest BCUT2D eigenvalue weighted by Gasteiger charge is -2.32. The highest BCUT2D eigenvalue weighted by Crippen LogP contribution is 2.43. The zero-order chi connectivity index (χ0) is 9.35. The van der Waals surface area contributed by atoms with Crippen LogP contribution >= 0.6 is 0 Å². The minimum Gasteiger partial charge on any atom is -0.396 e. The zero-order valence-electron chi connectivity index (χ0n) is 8.25. The van der Waals surface area contributed by atoms with Gasteiger partial charge in [0.1, 0.15) is 0 Å². The third-order valence-corrected chi connectivity index (χ3v) is 3.63. The molecule has 0 bridgehead atoms. The molecule has 1 fully saturated rings. The summed E-state index contributed by atoms with van der Waals surface area (Å²) in [6, 6.07) is 0. The predicted molar refractivity (Wildman–Crippen MR) is 48.8 cm³/mol. The van der Waals surface area contributed by atoms with Crippen molar-refractivity contribution in [3.05, 3.63) is 0 Å². The number of aliphatic hydroxyl groups is 2. The summed E-state index contributed by atoms with van der Waals surface area (Å²) in [5.41, 5.74) is -0.567. The topological polar surface area (TPSA) is 40.5 Å². The molecule has 0 aromatic rings. The van der Waals surface area contributed by atoms with E-state index in [1.165, 1.54) is 0 Å². The lowest BCUT2D eigenvalue weighted by atomic mass is 9.80. The first-order valence-electron chi connectivity index (χ1n) is 4.83. The smallest absolute Gasteiger partial charge is 0.0676 e. The second-order valence-electron chi connectivity index (χ2n) is 4.47. The summed E-state index contributed by atoms with van der Waals surface area (Å²) in [5, 5.41) is 19.1. The molecule has 4 atom stereocenters. The lowest BCUT2D eigenvalue weighted by Crippen LogP contribution is -2.38. The number of hydrogen-bond acceptors (Lipinski definition) is 2. The largest absolute Gasteiger partial charge is 0.396 e. The van der Waals surface area contributed by atoms with Gasteiger partial charge in [0.25, 0.3) is 0 Å². The molecule has 1 aliphatic carbocycles. The molecular formula is C10H20O2. The van der Waals surface area contributed by atoms with Crippen LogP contribution in [0.15, 0.2) is 0 Å². The Bertz CT molecular complexity index is 154. The first kappa shape index (κ1) is 10.0. The van der Waals surface area contributed by atoms with Gasteiger partial charge >= 0.3 is 0 Å². The van der Waals surface area contributed by atoms with Gasteiger partial charge in [-0.2, -0.15) is 0 Å². The summed E-state index contributed by atoms with van der Waals surface area (Å²) in [6.45, 7) is 6.19. The van der Waals surface area contributed by atoms with E-state index in [9.17, 15) is 5.11 Å². The third-order valence-electron chi connectivity index (χ3n) is 3.63. The molecule has 0 aliphatic heterocycles. The van der Waals surface area contributed by atoms with Crippen molar-refractivity contribution in [3.63, 3.8) is 0 Å². The Labute approximate surface area is 74.6 Å². The Hall–Kier alpha value is -0.0800. The normalized spacial score (nSPS) is 44.8. The monoisotopic (exact) mass is 172 g/mol. The molecule has 72 valence electrons. The summed E-state index contributed by atoms with van der Waals surface area (Å²) in [7, 11) is 0. The molecule has 1 aliphatic rings. The molecule has 12 heavy (non-hydrogen) atoms. The standard InChI is InChI=1S/C10H20O2/c1-7(6-11)9-5-4-8(2)10(9,3)12/h7-9,11-12H,4-6H2,1-3H3. The zero-order valence-corrected chi connectivity index (χ0v) is 8.25. The van der Waals surface area contributed by atoms with E-state index >= 15 is 0 Å². The summed E-state index contributed by atoms with van der Waals surface area (Å²) in [5.74, 6) is 0.874. The van der Waals surface area contributed by atoms with Gasteiger partial charge in [-0.3, -0.25) is 0 Å². The fourth-order valence-electron chi connectivity index (χ4n) is 2.37. The Morgan fingerprint density at radius 1 is 1.50 bits per heavy atom. The van der Waals surface area contributed by atoms with Crippen LogP contribution in [-0.2, 0) is 0 Å². The predicted octanol–water partition coefficient (Wildman–Crippen LogP) is 1.41. The van der Waals surface area contributed by atoms with Gasteiger partial charge < -0.3 is 10.2 Å². The van der Waals surface area contributed by atoms with E-state index in [2.05, 4.69) is 6.92 Å². The lowest BCUT2D eigenvalue weighted by molar-refractivity contribution is -0.0392. The molecule has 0 aromatic carbocycles. The van der Waals surface area contributed by atoms with Crippen LogP contribution in [0.5, 0.6) is 0 Å². The van der Waals surface area contributed by atoms with Crippen LogP contribution in [0, 0.1) is 17.8 Å². The molecule has 0 spiro atoms. The van der Waals surface area contributed by atoms with Crippen molar-refractivity contribution in [3.8, 4) is 0 Å². The van der Waals surface area contributed by atoms with Crippen LogP contribution < -0.4 is 0 Å². The Morgan fingerprint density at radius 3 is 2.42 bits per heavy atom. The molecule has 0 saturated heterocycles. The van der Waals surface area contributed by atoms with Gasteiger partial charge in [-0.05, 0) is 37.5 Å². The molecule has 0 aromatic heterocycles. The highest BCUT2D eigenvalue weighted by molar-refractivity contribution is 4.95. The quantitative estimate of drug-likeness (QED) is 0.661. The van der Waals surface area contributed by atoms with Crippen molar-refractivity contribution in [2.45, 2.75) is 39.2 Å². The minimum atomic E-state index is -0.567. The van der Waals surface area contributed by atoms with Gasteiger partial charge in [0.05, 0.1) is 5.60 Å². The Kier molecular flexibility index (Phi) is 2.79. The highest BCUT2D eigenvalue weighted by Gasteiger charge is 2.44. The van der Waals surface area contributed by atoms with Crippen molar-refractivity contribution >= 4 is 0 Å². The van der Waals surface area contributed by atoms with Gasteiger partial charge in [-0.1, -0.05) is 13.8 Å². The van der Waals surface area contributed by atoms with Gasteiger partial charge in [-0.25, -0.2) is 0 Å². The van der Waals surface area contributed by atoms with Crippen LogP contribution in [0.3, 0.4) is 0 Å². The molecule has 2 heteroatoms. The molecule has 1 saturated carbocycles. The van der Waals surface area contributed by atoms with Crippen LogP contribution in [0.4, 0.5) is 0 Å². The molecule has 0 radical (unpaired) electrons. The number of rotatable bonds is 2. The molecule has 2 nitrogen and oxygen atoms in total. The number of aliphatic hydroxyl groups excluding tert-OH is 1. The minimum absolute atomic E-state index is 0.188. The first-order chi connectivity index (χ1) is 5.50. The number of hydrogen-bond donors (Lipinski definition) is 2. The van der Waals surface area contributed by atoms with E-state index in [-0.39, 0.29) is 18.4 Å². The van der Waals surface area contributed by atoms with Crippen molar-refractivity contribution in [1.29, 1.82) is 0 Å². The molecule has 2 N–H and O–H groups in total. The highest BCUT2D eigenvalue weighted by atomic mass is 16.3. The molecule has 1 rings (SSSR count).